The van der Waals surface area contributed by atoms with E-state index in [2.05, 4.69) is 17.4 Å². The van der Waals surface area contributed by atoms with E-state index in [0.717, 1.165) is 11.3 Å². The summed E-state index contributed by atoms with van der Waals surface area (Å²) in [6, 6.07) is 17.7. The van der Waals surface area contributed by atoms with Crippen LogP contribution >= 0.6 is 23.4 Å². The van der Waals surface area contributed by atoms with E-state index in [1.54, 1.807) is 11.8 Å². The highest BCUT2D eigenvalue weighted by Crippen LogP contribution is 2.17. The second-order valence-electron chi connectivity index (χ2n) is 4.82. The van der Waals surface area contributed by atoms with E-state index >= 15 is 0 Å². The summed E-state index contributed by atoms with van der Waals surface area (Å²) in [5.41, 5.74) is 2.29. The number of nitrogens with one attached hydrogen (secondary N) is 1. The van der Waals surface area contributed by atoms with E-state index < -0.39 is 0 Å². The third kappa shape index (κ3) is 5.44. The Morgan fingerprint density at radius 3 is 2.48 bits per heavy atom. The summed E-state index contributed by atoms with van der Waals surface area (Å²) >= 11 is 7.48. The van der Waals surface area contributed by atoms with Gasteiger partial charge in [0.2, 0.25) is 5.91 Å². The molecule has 2 aromatic carbocycles. The molecule has 2 rings (SSSR count). The predicted molar refractivity (Wildman–Crippen MR) is 90.6 cm³/mol. The van der Waals surface area contributed by atoms with Crippen LogP contribution in [0.1, 0.15) is 24.1 Å². The van der Waals surface area contributed by atoms with Gasteiger partial charge in [0.25, 0.3) is 0 Å². The zero-order valence-electron chi connectivity index (χ0n) is 11.9. The molecule has 0 spiro atoms. The van der Waals surface area contributed by atoms with Gasteiger partial charge in [-0.1, -0.05) is 54.1 Å². The molecule has 110 valence electrons. The Morgan fingerprint density at radius 1 is 1.14 bits per heavy atom. The first kappa shape index (κ1) is 15.9. The van der Waals surface area contributed by atoms with Crippen LogP contribution in [0.5, 0.6) is 0 Å². The van der Waals surface area contributed by atoms with Crippen molar-refractivity contribution < 1.29 is 4.79 Å². The molecule has 4 heteroatoms. The number of rotatable bonds is 6. The SMILES string of the molecule is CC(NC(=O)CSCc1ccccc1)c1ccc(Cl)cc1. The van der Waals surface area contributed by atoms with Gasteiger partial charge < -0.3 is 5.32 Å². The maximum atomic E-state index is 11.9. The van der Waals surface area contributed by atoms with Crippen molar-refractivity contribution in [3.8, 4) is 0 Å². The number of benzene rings is 2. The monoisotopic (exact) mass is 319 g/mol. The molecule has 0 aromatic heterocycles. The fourth-order valence-electron chi connectivity index (χ4n) is 1.95. The molecule has 0 aliphatic carbocycles. The number of hydrogen-bond donors (Lipinski definition) is 1. The first-order chi connectivity index (χ1) is 10.1. The molecule has 2 nitrogen and oxygen atoms in total. The van der Waals surface area contributed by atoms with E-state index in [1.165, 1.54) is 5.56 Å². The van der Waals surface area contributed by atoms with Crippen molar-refractivity contribution in [2.24, 2.45) is 0 Å². The molecule has 1 N–H and O–H groups in total. The first-order valence-corrected chi connectivity index (χ1v) is 8.35. The third-order valence-electron chi connectivity index (χ3n) is 3.09. The van der Waals surface area contributed by atoms with E-state index in [0.29, 0.717) is 10.8 Å². The highest BCUT2D eigenvalue weighted by atomic mass is 35.5. The van der Waals surface area contributed by atoms with Gasteiger partial charge in [0.05, 0.1) is 11.8 Å². The smallest absolute Gasteiger partial charge is 0.230 e. The lowest BCUT2D eigenvalue weighted by molar-refractivity contribution is -0.119. The lowest BCUT2D eigenvalue weighted by Crippen LogP contribution is -2.28. The van der Waals surface area contributed by atoms with Gasteiger partial charge in [0.1, 0.15) is 0 Å². The molecule has 0 fully saturated rings. The maximum Gasteiger partial charge on any atom is 0.230 e. The van der Waals surface area contributed by atoms with Gasteiger partial charge in [-0.2, -0.15) is 0 Å². The summed E-state index contributed by atoms with van der Waals surface area (Å²) in [5, 5.41) is 3.70. The molecule has 2 aromatic rings. The molecule has 0 heterocycles. The van der Waals surface area contributed by atoms with Crippen molar-refractivity contribution in [1.82, 2.24) is 5.32 Å². The molecule has 1 unspecified atom stereocenters. The van der Waals surface area contributed by atoms with Gasteiger partial charge in [-0.25, -0.2) is 0 Å². The molecular weight excluding hydrogens is 302 g/mol. The van der Waals surface area contributed by atoms with Crippen molar-refractivity contribution in [3.05, 3.63) is 70.7 Å². The first-order valence-electron chi connectivity index (χ1n) is 6.81. The summed E-state index contributed by atoms with van der Waals surface area (Å²) in [7, 11) is 0. The van der Waals surface area contributed by atoms with Gasteiger partial charge in [-0.3, -0.25) is 4.79 Å². The van der Waals surface area contributed by atoms with Crippen molar-refractivity contribution in [1.29, 1.82) is 0 Å². The molecule has 21 heavy (non-hydrogen) atoms. The van der Waals surface area contributed by atoms with Crippen molar-refractivity contribution in [2.45, 2.75) is 18.7 Å². The minimum Gasteiger partial charge on any atom is -0.349 e. The zero-order valence-corrected chi connectivity index (χ0v) is 13.5. The van der Waals surface area contributed by atoms with Crippen LogP contribution in [0.4, 0.5) is 0 Å². The quantitative estimate of drug-likeness (QED) is 0.852. The normalized spacial score (nSPS) is 11.9. The van der Waals surface area contributed by atoms with Crippen LogP contribution < -0.4 is 5.32 Å². The molecule has 0 saturated carbocycles. The van der Waals surface area contributed by atoms with Crippen LogP contribution in [0.2, 0.25) is 5.02 Å². The number of carbonyl (C=O) groups is 1. The summed E-state index contributed by atoms with van der Waals surface area (Å²) in [4.78, 5) is 11.9. The van der Waals surface area contributed by atoms with Crippen LogP contribution in [0.3, 0.4) is 0 Å². The Hall–Kier alpha value is -1.45. The Labute approximate surface area is 134 Å². The maximum absolute atomic E-state index is 11.9. The van der Waals surface area contributed by atoms with E-state index in [9.17, 15) is 4.79 Å². The van der Waals surface area contributed by atoms with Crippen LogP contribution in [0.25, 0.3) is 0 Å². The Kier molecular flexibility index (Phi) is 6.15. The highest BCUT2D eigenvalue weighted by Gasteiger charge is 2.09. The van der Waals surface area contributed by atoms with Crippen LogP contribution in [0.15, 0.2) is 54.6 Å². The number of hydrogen-bond acceptors (Lipinski definition) is 2. The Morgan fingerprint density at radius 2 is 1.81 bits per heavy atom. The zero-order chi connectivity index (χ0) is 15.1. The lowest BCUT2D eigenvalue weighted by atomic mass is 10.1. The van der Waals surface area contributed by atoms with Crippen LogP contribution in [-0.2, 0) is 10.5 Å². The van der Waals surface area contributed by atoms with Crippen LogP contribution in [-0.4, -0.2) is 11.7 Å². The standard InChI is InChI=1S/C17H18ClNOS/c1-13(15-7-9-16(18)10-8-15)19-17(20)12-21-11-14-5-3-2-4-6-14/h2-10,13H,11-12H2,1H3,(H,19,20). The largest absolute Gasteiger partial charge is 0.349 e. The number of carbonyl (C=O) groups excluding carboxylic acids is 1. The fraction of sp³-hybridized carbons (Fsp3) is 0.235. The van der Waals surface area contributed by atoms with Gasteiger partial charge in [0, 0.05) is 10.8 Å². The van der Waals surface area contributed by atoms with Crippen molar-refractivity contribution in [2.75, 3.05) is 5.75 Å². The minimum atomic E-state index is -0.00732. The van der Waals surface area contributed by atoms with Crippen molar-refractivity contribution >= 4 is 29.3 Å². The topological polar surface area (TPSA) is 29.1 Å². The fourth-order valence-corrected chi connectivity index (χ4v) is 2.88. The van der Waals surface area contributed by atoms with Crippen molar-refractivity contribution in [3.63, 3.8) is 0 Å². The molecule has 0 aliphatic heterocycles. The van der Waals surface area contributed by atoms with Crippen LogP contribution in [0, 0.1) is 0 Å². The molecular formula is C17H18ClNOS. The average Bonchev–Trinajstić information content (AvgIpc) is 2.49. The van der Waals surface area contributed by atoms with E-state index in [1.807, 2.05) is 49.4 Å². The average molecular weight is 320 g/mol. The number of thioether (sulfide) groups is 1. The molecule has 0 bridgehead atoms. The van der Waals surface area contributed by atoms with E-state index in [4.69, 9.17) is 11.6 Å². The Balaban J connectivity index is 1.75. The lowest BCUT2D eigenvalue weighted by Gasteiger charge is -2.14. The Bertz CT molecular complexity index is 571. The molecule has 0 radical (unpaired) electrons. The van der Waals surface area contributed by atoms with Gasteiger partial charge in [-0.05, 0) is 30.2 Å². The number of amides is 1. The molecule has 0 aliphatic rings. The summed E-state index contributed by atoms with van der Waals surface area (Å²) < 4.78 is 0. The summed E-state index contributed by atoms with van der Waals surface area (Å²) in [6.07, 6.45) is 0. The van der Waals surface area contributed by atoms with Gasteiger partial charge in [0.15, 0.2) is 0 Å². The molecule has 0 saturated heterocycles. The number of halogens is 1. The molecule has 1 amide bonds. The third-order valence-corrected chi connectivity index (χ3v) is 4.35. The van der Waals surface area contributed by atoms with Gasteiger partial charge >= 0.3 is 0 Å². The minimum absolute atomic E-state index is 0.00732. The molecule has 1 atom stereocenters. The van der Waals surface area contributed by atoms with E-state index in [-0.39, 0.29) is 11.9 Å². The summed E-state index contributed by atoms with van der Waals surface area (Å²) in [5.74, 6) is 1.37. The summed E-state index contributed by atoms with van der Waals surface area (Å²) in [6.45, 7) is 1.98. The highest BCUT2D eigenvalue weighted by molar-refractivity contribution is 7.99. The predicted octanol–water partition coefficient (Wildman–Crippen LogP) is 4.45. The van der Waals surface area contributed by atoms with Gasteiger partial charge in [-0.15, -0.1) is 11.8 Å². The second-order valence-corrected chi connectivity index (χ2v) is 6.24. The second kappa shape index (κ2) is 8.11.